The lowest BCUT2D eigenvalue weighted by Gasteiger charge is -2.13. The summed E-state index contributed by atoms with van der Waals surface area (Å²) in [6, 6.07) is 9.38. The molecule has 0 radical (unpaired) electrons. The summed E-state index contributed by atoms with van der Waals surface area (Å²) in [6.07, 6.45) is 0. The first-order valence-electron chi connectivity index (χ1n) is 5.89. The number of nitrogen functional groups attached to an aromatic ring is 1. The van der Waals surface area contributed by atoms with Crippen LogP contribution in [0.3, 0.4) is 0 Å². The zero-order chi connectivity index (χ0) is 15.6. The van der Waals surface area contributed by atoms with E-state index in [0.717, 1.165) is 0 Å². The summed E-state index contributed by atoms with van der Waals surface area (Å²) in [5.41, 5.74) is 7.10. The monoisotopic (exact) mass is 345 g/mol. The van der Waals surface area contributed by atoms with E-state index < -0.39 is 10.0 Å². The van der Waals surface area contributed by atoms with Crippen LogP contribution in [0.25, 0.3) is 0 Å². The van der Waals surface area contributed by atoms with Gasteiger partial charge in [-0.15, -0.1) is 0 Å². The number of sulfonamides is 1. The van der Waals surface area contributed by atoms with Gasteiger partial charge in [0.25, 0.3) is 0 Å². The smallest absolute Gasteiger partial charge is 0.240 e. The lowest BCUT2D eigenvalue weighted by Crippen LogP contribution is -2.18. The maximum atomic E-state index is 11.8. The van der Waals surface area contributed by atoms with Gasteiger partial charge in [0, 0.05) is 0 Å². The van der Waals surface area contributed by atoms with Gasteiger partial charge in [-0.3, -0.25) is 0 Å². The molecular formula is C13H13Cl2N3O2S. The van der Waals surface area contributed by atoms with E-state index in [1.807, 2.05) is 0 Å². The highest BCUT2D eigenvalue weighted by atomic mass is 35.5. The second-order valence-electron chi connectivity index (χ2n) is 4.18. The first-order chi connectivity index (χ1) is 9.85. The molecule has 0 aliphatic rings. The highest BCUT2D eigenvalue weighted by Gasteiger charge is 2.14. The van der Waals surface area contributed by atoms with Gasteiger partial charge in [0.15, 0.2) is 0 Å². The molecule has 0 heterocycles. The Hall–Kier alpha value is -1.47. The van der Waals surface area contributed by atoms with Crippen molar-refractivity contribution in [1.29, 1.82) is 0 Å². The minimum Gasteiger partial charge on any atom is -0.397 e. The number of nitrogens with one attached hydrogen (secondary N) is 2. The number of hydrogen-bond acceptors (Lipinski definition) is 4. The second kappa shape index (κ2) is 6.11. The fourth-order valence-corrected chi connectivity index (χ4v) is 2.93. The molecule has 0 fully saturated rings. The Morgan fingerprint density at radius 3 is 2.29 bits per heavy atom. The van der Waals surface area contributed by atoms with E-state index in [-0.39, 0.29) is 4.90 Å². The van der Waals surface area contributed by atoms with E-state index in [4.69, 9.17) is 28.9 Å². The molecule has 2 aromatic carbocycles. The lowest BCUT2D eigenvalue weighted by atomic mass is 10.2. The minimum absolute atomic E-state index is 0.0878. The Balaban J connectivity index is 2.48. The van der Waals surface area contributed by atoms with Crippen LogP contribution in [0.5, 0.6) is 0 Å². The zero-order valence-corrected chi connectivity index (χ0v) is 13.4. The molecule has 112 valence electrons. The van der Waals surface area contributed by atoms with Crippen LogP contribution < -0.4 is 15.8 Å². The molecule has 0 aliphatic carbocycles. The molecule has 0 saturated carbocycles. The van der Waals surface area contributed by atoms with Crippen molar-refractivity contribution >= 4 is 50.3 Å². The third-order valence-electron chi connectivity index (χ3n) is 2.83. The van der Waals surface area contributed by atoms with Crippen LogP contribution in [-0.2, 0) is 10.0 Å². The molecule has 8 heteroatoms. The quantitative estimate of drug-likeness (QED) is 0.742. The van der Waals surface area contributed by atoms with Gasteiger partial charge < -0.3 is 11.1 Å². The molecule has 0 atom stereocenters. The molecule has 0 saturated heterocycles. The summed E-state index contributed by atoms with van der Waals surface area (Å²) in [5.74, 6) is 0. The van der Waals surface area contributed by atoms with Gasteiger partial charge in [0.1, 0.15) is 0 Å². The van der Waals surface area contributed by atoms with E-state index in [1.165, 1.54) is 25.2 Å². The summed E-state index contributed by atoms with van der Waals surface area (Å²) in [4.78, 5) is 0.0878. The number of anilines is 3. The molecule has 2 aromatic rings. The normalized spacial score (nSPS) is 11.4. The Labute approximate surface area is 133 Å². The van der Waals surface area contributed by atoms with Crippen molar-refractivity contribution in [2.45, 2.75) is 4.90 Å². The molecule has 5 nitrogen and oxygen atoms in total. The standard InChI is InChI=1S/C13H13Cl2N3O2S/c1-17-21(19,20)8-5-6-11(16)12(7-8)18-13-9(14)3-2-4-10(13)15/h2-7,17-18H,16H2,1H3. The molecule has 0 spiro atoms. The van der Waals surface area contributed by atoms with Crippen LogP contribution in [0.2, 0.25) is 10.0 Å². The Morgan fingerprint density at radius 1 is 1.10 bits per heavy atom. The van der Waals surface area contributed by atoms with E-state index in [2.05, 4.69) is 10.0 Å². The predicted molar refractivity (Wildman–Crippen MR) is 86.8 cm³/mol. The third-order valence-corrected chi connectivity index (χ3v) is 4.87. The zero-order valence-electron chi connectivity index (χ0n) is 11.0. The molecule has 0 aromatic heterocycles. The number of benzene rings is 2. The largest absolute Gasteiger partial charge is 0.397 e. The van der Waals surface area contributed by atoms with E-state index >= 15 is 0 Å². The molecule has 0 amide bonds. The van der Waals surface area contributed by atoms with Gasteiger partial charge in [-0.1, -0.05) is 29.3 Å². The van der Waals surface area contributed by atoms with Gasteiger partial charge >= 0.3 is 0 Å². The van der Waals surface area contributed by atoms with Crippen LogP contribution in [0.4, 0.5) is 17.1 Å². The van der Waals surface area contributed by atoms with Gasteiger partial charge in [0.2, 0.25) is 10.0 Å². The number of para-hydroxylation sites is 1. The average molecular weight is 346 g/mol. The fourth-order valence-electron chi connectivity index (χ4n) is 1.68. The van der Waals surface area contributed by atoms with Crippen LogP contribution in [0.15, 0.2) is 41.3 Å². The first kappa shape index (κ1) is 15.9. The molecule has 0 aliphatic heterocycles. The topological polar surface area (TPSA) is 84.2 Å². The summed E-state index contributed by atoms with van der Waals surface area (Å²) in [7, 11) is -2.22. The van der Waals surface area contributed by atoms with Gasteiger partial charge in [-0.25, -0.2) is 13.1 Å². The van der Waals surface area contributed by atoms with Gasteiger partial charge in [-0.2, -0.15) is 0 Å². The average Bonchev–Trinajstić information content (AvgIpc) is 2.44. The Morgan fingerprint density at radius 2 is 1.71 bits per heavy atom. The Kier molecular flexibility index (Phi) is 4.63. The molecule has 0 unspecified atom stereocenters. The number of halogens is 2. The van der Waals surface area contributed by atoms with Crippen molar-refractivity contribution in [2.24, 2.45) is 0 Å². The fraction of sp³-hybridized carbons (Fsp3) is 0.0769. The van der Waals surface area contributed by atoms with Gasteiger partial charge in [0.05, 0.1) is 32.0 Å². The molecular weight excluding hydrogens is 333 g/mol. The SMILES string of the molecule is CNS(=O)(=O)c1ccc(N)c(Nc2c(Cl)cccc2Cl)c1. The minimum atomic E-state index is -3.56. The van der Waals surface area contributed by atoms with Crippen molar-refractivity contribution in [1.82, 2.24) is 4.72 Å². The second-order valence-corrected chi connectivity index (χ2v) is 6.88. The molecule has 0 bridgehead atoms. The van der Waals surface area contributed by atoms with Crippen molar-refractivity contribution in [2.75, 3.05) is 18.1 Å². The van der Waals surface area contributed by atoms with Crippen molar-refractivity contribution in [3.8, 4) is 0 Å². The van der Waals surface area contributed by atoms with E-state index in [9.17, 15) is 8.42 Å². The maximum Gasteiger partial charge on any atom is 0.240 e. The van der Waals surface area contributed by atoms with Crippen LogP contribution in [0, 0.1) is 0 Å². The van der Waals surface area contributed by atoms with Gasteiger partial charge in [-0.05, 0) is 37.4 Å². The Bertz CT molecular complexity index is 759. The molecule has 4 N–H and O–H groups in total. The van der Waals surface area contributed by atoms with Crippen molar-refractivity contribution < 1.29 is 8.42 Å². The molecule has 2 rings (SSSR count). The van der Waals surface area contributed by atoms with Crippen molar-refractivity contribution in [3.63, 3.8) is 0 Å². The maximum absolute atomic E-state index is 11.8. The number of hydrogen-bond donors (Lipinski definition) is 3. The lowest BCUT2D eigenvalue weighted by molar-refractivity contribution is 0.588. The van der Waals surface area contributed by atoms with Crippen LogP contribution >= 0.6 is 23.2 Å². The summed E-state index contributed by atoms with van der Waals surface area (Å²) >= 11 is 12.1. The van der Waals surface area contributed by atoms with Crippen LogP contribution in [0.1, 0.15) is 0 Å². The molecule has 21 heavy (non-hydrogen) atoms. The number of rotatable bonds is 4. The third kappa shape index (κ3) is 3.41. The van der Waals surface area contributed by atoms with E-state index in [1.54, 1.807) is 18.2 Å². The number of nitrogens with two attached hydrogens (primary N) is 1. The summed E-state index contributed by atoms with van der Waals surface area (Å²) in [5, 5.41) is 3.78. The van der Waals surface area contributed by atoms with E-state index in [0.29, 0.717) is 27.1 Å². The first-order valence-corrected chi connectivity index (χ1v) is 8.13. The summed E-state index contributed by atoms with van der Waals surface area (Å²) in [6.45, 7) is 0. The predicted octanol–water partition coefficient (Wildman–Crippen LogP) is 3.23. The van der Waals surface area contributed by atoms with Crippen molar-refractivity contribution in [3.05, 3.63) is 46.4 Å². The highest BCUT2D eigenvalue weighted by molar-refractivity contribution is 7.89. The summed E-state index contributed by atoms with van der Waals surface area (Å²) < 4.78 is 25.9. The van der Waals surface area contributed by atoms with Crippen LogP contribution in [-0.4, -0.2) is 15.5 Å². The highest BCUT2D eigenvalue weighted by Crippen LogP contribution is 2.35.